The van der Waals surface area contributed by atoms with E-state index >= 15 is 0 Å². The quantitative estimate of drug-likeness (QED) is 0.652. The summed E-state index contributed by atoms with van der Waals surface area (Å²) in [5, 5.41) is 0. The normalized spacial score (nSPS) is 9.10. The number of benzene rings is 1. The second kappa shape index (κ2) is 3.29. The Morgan fingerprint density at radius 2 is 2.10 bits per heavy atom. The van der Waals surface area contributed by atoms with Gasteiger partial charge in [0.2, 0.25) is 0 Å². The van der Waals surface area contributed by atoms with Gasteiger partial charge in [-0.25, -0.2) is 0 Å². The molecule has 0 saturated heterocycles. The van der Waals surface area contributed by atoms with Crippen LogP contribution in [-0.2, 0) is 0 Å². The van der Waals surface area contributed by atoms with Crippen molar-refractivity contribution in [1.82, 2.24) is 0 Å². The van der Waals surface area contributed by atoms with E-state index in [1.54, 1.807) is 0 Å². The fourth-order valence-electron chi connectivity index (χ4n) is 0.766. The summed E-state index contributed by atoms with van der Waals surface area (Å²) in [4.78, 5) is 0. The molecule has 0 aliphatic rings. The van der Waals surface area contributed by atoms with Crippen molar-refractivity contribution >= 4 is 0 Å². The number of hydrogen-bond donors (Lipinski definition) is 0. The minimum absolute atomic E-state index is 0. The molecule has 0 nitrogen and oxygen atoms in total. The molecular weight excluding hydrogens is 375 g/mol. The Kier molecular flexibility index (Phi) is 2.70. The first-order valence-corrected chi connectivity index (χ1v) is 3.26. The molecule has 50 valence electrons. The molecule has 0 atom stereocenters. The molecule has 1 aromatic rings. The smallest absolute Gasteiger partial charge is 0 e. The van der Waals surface area contributed by atoms with E-state index in [2.05, 4.69) is 26.0 Å². The average molecular weight is 386 g/mol. The zero-order valence-electron chi connectivity index (χ0n) is 6.59. The standard InChI is InChI=1S/C9H11.Rf/c1-8(2)9-6-4-3-5-7-9;/h3-4,6-8H,1-2H3;/q-1;. The van der Waals surface area contributed by atoms with Crippen molar-refractivity contribution in [3.63, 3.8) is 0 Å². The molecule has 0 unspecified atom stereocenters. The van der Waals surface area contributed by atoms with Crippen LogP contribution in [0.2, 0.25) is 0 Å². The van der Waals surface area contributed by atoms with Crippen molar-refractivity contribution < 1.29 is 0 Å². The fraction of sp³-hybridized carbons (Fsp3) is 0.333. The van der Waals surface area contributed by atoms with Crippen molar-refractivity contribution in [2.45, 2.75) is 19.8 Å². The Hall–Kier alpha value is -1.78. The molecule has 0 fully saturated rings. The van der Waals surface area contributed by atoms with Crippen molar-refractivity contribution in [3.05, 3.63) is 35.9 Å². The molecule has 0 heterocycles. The molecule has 10 heavy (non-hydrogen) atoms. The summed E-state index contributed by atoms with van der Waals surface area (Å²) < 4.78 is 0. The fourth-order valence-corrected chi connectivity index (χ4v) is 0.766. The van der Waals surface area contributed by atoms with Crippen LogP contribution in [0.1, 0.15) is 25.3 Å². The Morgan fingerprint density at radius 1 is 1.40 bits per heavy atom. The molecule has 1 rings (SSSR count). The van der Waals surface area contributed by atoms with Crippen molar-refractivity contribution in [2.75, 3.05) is 0 Å². The van der Waals surface area contributed by atoms with E-state index in [1.807, 2.05) is 18.2 Å². The van der Waals surface area contributed by atoms with E-state index < -0.39 is 0 Å². The van der Waals surface area contributed by atoms with Crippen LogP contribution >= 0.6 is 0 Å². The summed E-state index contributed by atoms with van der Waals surface area (Å²) in [7, 11) is 0. The predicted octanol–water partition coefficient (Wildman–Crippen LogP) is 2.61. The van der Waals surface area contributed by atoms with Gasteiger partial charge in [0.1, 0.15) is 0 Å². The zero-order chi connectivity index (χ0) is 6.69. The maximum absolute atomic E-state index is 3.04. The molecule has 1 aromatic carbocycles. The van der Waals surface area contributed by atoms with Crippen molar-refractivity contribution in [1.29, 1.82) is 0 Å². The van der Waals surface area contributed by atoms with E-state index in [-0.39, 0.29) is 0 Å². The van der Waals surface area contributed by atoms with Gasteiger partial charge in [-0.2, -0.15) is 35.9 Å². The van der Waals surface area contributed by atoms with Gasteiger partial charge in [-0.3, -0.25) is 0 Å². The molecule has 0 aromatic heterocycles. The Morgan fingerprint density at radius 3 is 2.40 bits per heavy atom. The topological polar surface area (TPSA) is 0 Å². The van der Waals surface area contributed by atoms with Gasteiger partial charge in [-0.15, -0.1) is 0 Å². The van der Waals surface area contributed by atoms with Crippen LogP contribution in [0.3, 0.4) is 0 Å². The summed E-state index contributed by atoms with van der Waals surface area (Å²) >= 11 is 0. The van der Waals surface area contributed by atoms with Crippen LogP contribution < -0.4 is 0 Å². The molecule has 0 radical (unpaired) electrons. The SMILES string of the molecule is CC(C)c1c[c-]ccc1.[Rf]. The molecule has 0 aliphatic carbocycles. The summed E-state index contributed by atoms with van der Waals surface area (Å²) in [6, 6.07) is 11.1. The van der Waals surface area contributed by atoms with Gasteiger partial charge < -0.3 is 0 Å². The zero-order valence-corrected chi connectivity index (χ0v) is 13.0. The van der Waals surface area contributed by atoms with Crippen LogP contribution in [0.25, 0.3) is 0 Å². The van der Waals surface area contributed by atoms with E-state index in [0.717, 1.165) is 0 Å². The van der Waals surface area contributed by atoms with Crippen molar-refractivity contribution in [3.8, 4) is 0 Å². The summed E-state index contributed by atoms with van der Waals surface area (Å²) in [5.41, 5.74) is 1.36. The predicted molar refractivity (Wildman–Crippen MR) is 39.4 cm³/mol. The maximum atomic E-state index is 3.04. The minimum atomic E-state index is 0. The van der Waals surface area contributed by atoms with E-state index in [9.17, 15) is 0 Å². The third kappa shape index (κ3) is 1.62. The van der Waals surface area contributed by atoms with Gasteiger partial charge in [0.15, 0.2) is 0 Å². The van der Waals surface area contributed by atoms with E-state index in [0.29, 0.717) is 5.92 Å². The number of rotatable bonds is 1. The first-order valence-electron chi connectivity index (χ1n) is 3.26. The molecule has 0 saturated carbocycles. The summed E-state index contributed by atoms with van der Waals surface area (Å²) in [6.07, 6.45) is 0. The van der Waals surface area contributed by atoms with Gasteiger partial charge in [0.05, 0.1) is 0 Å². The molecule has 0 N–H and O–H groups in total. The Bertz CT molecular complexity index is 167. The first kappa shape index (κ1) is 8.22. The second-order valence-corrected chi connectivity index (χ2v) is 2.49. The largest absolute Gasteiger partial charge is 0.184 e. The monoisotopic (exact) mass is 386 g/mol. The molecule has 1 heteroatoms. The third-order valence-corrected chi connectivity index (χ3v) is 1.40. The molecule has 0 bridgehead atoms. The van der Waals surface area contributed by atoms with Gasteiger partial charge >= 0.3 is 0 Å². The summed E-state index contributed by atoms with van der Waals surface area (Å²) in [6.45, 7) is 4.37. The second-order valence-electron chi connectivity index (χ2n) is 2.49. The first-order chi connectivity index (χ1) is 4.30. The number of hydrogen-bond acceptors (Lipinski definition) is 0. The summed E-state index contributed by atoms with van der Waals surface area (Å²) in [5.74, 6) is 0.627. The Labute approximate surface area is 56.5 Å². The molecule has 0 spiro atoms. The van der Waals surface area contributed by atoms with Gasteiger partial charge in [0, 0.05) is 0 Å². The van der Waals surface area contributed by atoms with Gasteiger partial charge in [-0.05, 0) is 0 Å². The molecule has 0 aliphatic heterocycles. The van der Waals surface area contributed by atoms with Gasteiger partial charge in [-0.1, -0.05) is 19.8 Å². The maximum Gasteiger partial charge on any atom is 0 e. The van der Waals surface area contributed by atoms with E-state index in [1.165, 1.54) is 5.56 Å². The van der Waals surface area contributed by atoms with Crippen LogP contribution in [0, 0.1) is 6.07 Å². The molecular formula is C9H11Rf-. The minimum Gasteiger partial charge on any atom is -0.184 e. The third-order valence-electron chi connectivity index (χ3n) is 1.40. The molecule has 0 amide bonds. The van der Waals surface area contributed by atoms with Gasteiger partial charge in [0.25, 0.3) is 0 Å². The van der Waals surface area contributed by atoms with Crippen LogP contribution in [0.5, 0.6) is 0 Å². The van der Waals surface area contributed by atoms with Crippen LogP contribution in [0.4, 0.5) is 0 Å². The Balaban J connectivity index is 0.000000810. The van der Waals surface area contributed by atoms with Crippen LogP contribution in [-0.4, -0.2) is 0 Å². The van der Waals surface area contributed by atoms with Crippen LogP contribution in [0.15, 0.2) is 24.3 Å². The average Bonchev–Trinajstić information content (AvgIpc) is 1.90. The van der Waals surface area contributed by atoms with E-state index in [4.69, 9.17) is 0 Å². The van der Waals surface area contributed by atoms with Crippen molar-refractivity contribution in [2.24, 2.45) is 0 Å².